The maximum Gasteiger partial charge on any atom is 0.191 e. The zero-order chi connectivity index (χ0) is 15.9. The van der Waals surface area contributed by atoms with E-state index in [1.807, 2.05) is 36.4 Å². The Labute approximate surface area is 159 Å². The molecule has 7 heteroatoms. The first-order valence-corrected chi connectivity index (χ1v) is 7.92. The molecule has 1 aliphatic rings. The Balaban J connectivity index is 0.00000208. The number of aromatic nitrogens is 1. The first-order valence-electron chi connectivity index (χ1n) is 7.92. The van der Waals surface area contributed by atoms with Crippen molar-refractivity contribution in [3.05, 3.63) is 42.1 Å². The highest BCUT2D eigenvalue weighted by Crippen LogP contribution is 2.19. The smallest absolute Gasteiger partial charge is 0.191 e. The predicted octanol–water partition coefficient (Wildman–Crippen LogP) is 2.80. The molecule has 6 nitrogen and oxygen atoms in total. The van der Waals surface area contributed by atoms with E-state index < -0.39 is 0 Å². The molecule has 0 radical (unpaired) electrons. The van der Waals surface area contributed by atoms with E-state index in [2.05, 4.69) is 20.8 Å². The van der Waals surface area contributed by atoms with Crippen LogP contribution < -0.4 is 10.6 Å². The van der Waals surface area contributed by atoms with E-state index in [1.54, 1.807) is 7.05 Å². The van der Waals surface area contributed by atoms with Crippen LogP contribution in [0.3, 0.4) is 0 Å². The van der Waals surface area contributed by atoms with Gasteiger partial charge < -0.3 is 19.9 Å². The largest absolute Gasteiger partial charge is 0.376 e. The minimum absolute atomic E-state index is 0. The normalized spacial score (nSPS) is 17.4. The molecule has 1 aromatic carbocycles. The number of nitrogens with one attached hydrogen (secondary N) is 2. The molecule has 1 aromatic heterocycles. The van der Waals surface area contributed by atoms with Crippen LogP contribution in [0.5, 0.6) is 0 Å². The SMILES string of the molecule is CN=C(NCc1cc(-c2ccccc2)on1)NCC1CCCO1.I. The summed E-state index contributed by atoms with van der Waals surface area (Å²) in [5.74, 6) is 1.51. The van der Waals surface area contributed by atoms with Crippen LogP contribution >= 0.6 is 24.0 Å². The van der Waals surface area contributed by atoms with Gasteiger partial charge in [0.1, 0.15) is 5.69 Å². The van der Waals surface area contributed by atoms with Crippen LogP contribution in [0.1, 0.15) is 18.5 Å². The molecule has 3 rings (SSSR count). The Hall–Kier alpha value is -1.61. The van der Waals surface area contributed by atoms with Crippen LogP contribution in [0.4, 0.5) is 0 Å². The average Bonchev–Trinajstić information content (AvgIpc) is 3.27. The van der Waals surface area contributed by atoms with Gasteiger partial charge in [0.2, 0.25) is 0 Å². The molecule has 24 heavy (non-hydrogen) atoms. The van der Waals surface area contributed by atoms with Crippen LogP contribution in [0, 0.1) is 0 Å². The molecule has 1 aliphatic heterocycles. The molecule has 1 unspecified atom stereocenters. The van der Waals surface area contributed by atoms with Crippen molar-refractivity contribution in [3.8, 4) is 11.3 Å². The fraction of sp³-hybridized carbons (Fsp3) is 0.412. The molecular weight excluding hydrogens is 419 g/mol. The second kappa shape index (κ2) is 9.63. The van der Waals surface area contributed by atoms with E-state index in [9.17, 15) is 0 Å². The third-order valence-corrected chi connectivity index (χ3v) is 3.80. The minimum atomic E-state index is 0. The van der Waals surface area contributed by atoms with Gasteiger partial charge in [0.25, 0.3) is 0 Å². The van der Waals surface area contributed by atoms with Gasteiger partial charge in [0.05, 0.1) is 12.6 Å². The zero-order valence-corrected chi connectivity index (χ0v) is 16.0. The highest BCUT2D eigenvalue weighted by atomic mass is 127. The highest BCUT2D eigenvalue weighted by Gasteiger charge is 2.15. The fourth-order valence-corrected chi connectivity index (χ4v) is 2.54. The van der Waals surface area contributed by atoms with Gasteiger partial charge in [-0.1, -0.05) is 35.5 Å². The zero-order valence-electron chi connectivity index (χ0n) is 13.7. The lowest BCUT2D eigenvalue weighted by molar-refractivity contribution is 0.114. The Morgan fingerprint density at radius 2 is 2.12 bits per heavy atom. The molecule has 0 aliphatic carbocycles. The van der Waals surface area contributed by atoms with E-state index in [1.165, 1.54) is 0 Å². The molecule has 2 heterocycles. The number of nitrogens with zero attached hydrogens (tertiary/aromatic N) is 2. The van der Waals surface area contributed by atoms with Gasteiger partial charge in [-0.3, -0.25) is 4.99 Å². The van der Waals surface area contributed by atoms with Crippen molar-refractivity contribution in [2.45, 2.75) is 25.5 Å². The van der Waals surface area contributed by atoms with Crippen molar-refractivity contribution in [3.63, 3.8) is 0 Å². The summed E-state index contributed by atoms with van der Waals surface area (Å²) >= 11 is 0. The van der Waals surface area contributed by atoms with Crippen molar-refractivity contribution >= 4 is 29.9 Å². The molecule has 0 saturated carbocycles. The van der Waals surface area contributed by atoms with Crippen molar-refractivity contribution in [1.82, 2.24) is 15.8 Å². The molecular formula is C17H23IN4O2. The van der Waals surface area contributed by atoms with Crippen LogP contribution in [0.2, 0.25) is 0 Å². The quantitative estimate of drug-likeness (QED) is 0.424. The van der Waals surface area contributed by atoms with E-state index in [4.69, 9.17) is 9.26 Å². The summed E-state index contributed by atoms with van der Waals surface area (Å²) in [5, 5.41) is 10.6. The summed E-state index contributed by atoms with van der Waals surface area (Å²) < 4.78 is 11.0. The Morgan fingerprint density at radius 1 is 1.29 bits per heavy atom. The third-order valence-electron chi connectivity index (χ3n) is 3.80. The Morgan fingerprint density at radius 3 is 2.83 bits per heavy atom. The molecule has 1 atom stereocenters. The van der Waals surface area contributed by atoms with Gasteiger partial charge in [0, 0.05) is 31.8 Å². The lowest BCUT2D eigenvalue weighted by atomic mass is 10.2. The maximum atomic E-state index is 5.59. The first-order chi connectivity index (χ1) is 11.3. The average molecular weight is 442 g/mol. The standard InChI is InChI=1S/C17H22N4O2.HI/c1-18-17(20-12-15-8-5-9-22-15)19-11-14-10-16(23-21-14)13-6-3-2-4-7-13;/h2-4,6-7,10,15H,5,8-9,11-12H2,1H3,(H2,18,19,20);1H. The lowest BCUT2D eigenvalue weighted by Gasteiger charge is -2.14. The maximum absolute atomic E-state index is 5.59. The van der Waals surface area contributed by atoms with Crippen LogP contribution in [-0.2, 0) is 11.3 Å². The van der Waals surface area contributed by atoms with Gasteiger partial charge in [-0.05, 0) is 12.8 Å². The van der Waals surface area contributed by atoms with Gasteiger partial charge in [-0.25, -0.2) is 0 Å². The number of guanidine groups is 1. The summed E-state index contributed by atoms with van der Waals surface area (Å²) in [6, 6.07) is 11.9. The van der Waals surface area contributed by atoms with Gasteiger partial charge in [0.15, 0.2) is 11.7 Å². The van der Waals surface area contributed by atoms with Crippen molar-refractivity contribution in [1.29, 1.82) is 0 Å². The molecule has 2 aromatic rings. The van der Waals surface area contributed by atoms with Gasteiger partial charge in [-0.15, -0.1) is 24.0 Å². The summed E-state index contributed by atoms with van der Waals surface area (Å²) in [5.41, 5.74) is 1.86. The molecule has 2 N–H and O–H groups in total. The number of ether oxygens (including phenoxy) is 1. The van der Waals surface area contributed by atoms with Crippen LogP contribution in [0.25, 0.3) is 11.3 Å². The number of hydrogen-bond donors (Lipinski definition) is 2. The highest BCUT2D eigenvalue weighted by molar-refractivity contribution is 14.0. The Kier molecular flexibility index (Phi) is 7.51. The number of benzene rings is 1. The minimum Gasteiger partial charge on any atom is -0.376 e. The van der Waals surface area contributed by atoms with Crippen molar-refractivity contribution < 1.29 is 9.26 Å². The molecule has 1 fully saturated rings. The second-order valence-corrected chi connectivity index (χ2v) is 5.49. The van der Waals surface area contributed by atoms with Crippen molar-refractivity contribution in [2.24, 2.45) is 4.99 Å². The molecule has 0 bridgehead atoms. The van der Waals surface area contributed by atoms with E-state index in [-0.39, 0.29) is 30.1 Å². The molecule has 0 amide bonds. The molecule has 0 spiro atoms. The Bertz CT molecular complexity index is 639. The number of rotatable bonds is 5. The van der Waals surface area contributed by atoms with E-state index in [0.717, 1.165) is 49.0 Å². The summed E-state index contributed by atoms with van der Waals surface area (Å²) in [6.07, 6.45) is 2.53. The van der Waals surface area contributed by atoms with E-state index >= 15 is 0 Å². The monoisotopic (exact) mass is 442 g/mol. The number of halogens is 1. The van der Waals surface area contributed by atoms with Gasteiger partial charge >= 0.3 is 0 Å². The van der Waals surface area contributed by atoms with Crippen LogP contribution in [-0.4, -0.2) is 37.4 Å². The lowest BCUT2D eigenvalue weighted by Crippen LogP contribution is -2.40. The summed E-state index contributed by atoms with van der Waals surface area (Å²) in [6.45, 7) is 2.19. The second-order valence-electron chi connectivity index (χ2n) is 5.49. The molecule has 130 valence electrons. The summed E-state index contributed by atoms with van der Waals surface area (Å²) in [7, 11) is 1.75. The number of hydrogen-bond acceptors (Lipinski definition) is 4. The predicted molar refractivity (Wildman–Crippen MR) is 105 cm³/mol. The fourth-order valence-electron chi connectivity index (χ4n) is 2.54. The summed E-state index contributed by atoms with van der Waals surface area (Å²) in [4.78, 5) is 4.21. The molecule has 1 saturated heterocycles. The van der Waals surface area contributed by atoms with Crippen molar-refractivity contribution in [2.75, 3.05) is 20.2 Å². The number of aliphatic imine (C=N–C) groups is 1. The van der Waals surface area contributed by atoms with E-state index in [0.29, 0.717) is 6.54 Å². The third kappa shape index (κ3) is 5.20. The van der Waals surface area contributed by atoms with Gasteiger partial charge in [-0.2, -0.15) is 0 Å². The van der Waals surface area contributed by atoms with Crippen LogP contribution in [0.15, 0.2) is 45.9 Å². The topological polar surface area (TPSA) is 71.7 Å². The first kappa shape index (κ1) is 18.7.